The Morgan fingerprint density at radius 3 is 2.40 bits per heavy atom. The Bertz CT molecular complexity index is 1710. The predicted octanol–water partition coefficient (Wildman–Crippen LogP) is 3.45. The third-order valence-corrected chi connectivity index (χ3v) is 7.40. The molecule has 4 aromatic rings. The number of rotatable bonds is 8. The number of halogens is 4. The molecule has 10 nitrogen and oxygen atoms in total. The van der Waals surface area contributed by atoms with Gasteiger partial charge in [0.25, 0.3) is 15.9 Å². The molecule has 0 aliphatic carbocycles. The van der Waals surface area contributed by atoms with Crippen molar-refractivity contribution in [1.82, 2.24) is 24.6 Å². The summed E-state index contributed by atoms with van der Waals surface area (Å²) in [6.07, 6.45) is 2.78. The molecule has 1 amide bonds. The van der Waals surface area contributed by atoms with Crippen LogP contribution in [0.2, 0.25) is 0 Å². The summed E-state index contributed by atoms with van der Waals surface area (Å²) in [5.41, 5.74) is 4.00. The van der Waals surface area contributed by atoms with E-state index in [1.807, 2.05) is 0 Å². The molecule has 0 spiro atoms. The lowest BCUT2D eigenvalue weighted by molar-refractivity contribution is -0.118. The van der Waals surface area contributed by atoms with Gasteiger partial charge in [0, 0.05) is 24.5 Å². The number of nitrogen functional groups attached to an aromatic ring is 1. The van der Waals surface area contributed by atoms with Crippen LogP contribution in [-0.2, 0) is 21.4 Å². The fourth-order valence-electron chi connectivity index (χ4n) is 3.90. The molecule has 4 rings (SSSR count). The molecule has 0 bridgehead atoms. The molecule has 0 radical (unpaired) electrons. The molecule has 2 aromatic carbocycles. The number of carbonyl (C=O) groups is 1. The third kappa shape index (κ3) is 5.37. The van der Waals surface area contributed by atoms with Gasteiger partial charge < -0.3 is 10.6 Å². The minimum Gasteiger partial charge on any atom is -0.368 e. The van der Waals surface area contributed by atoms with Crippen molar-refractivity contribution >= 4 is 27.6 Å². The molecule has 210 valence electrons. The van der Waals surface area contributed by atoms with E-state index in [-0.39, 0.29) is 33.7 Å². The fraction of sp³-hybridized carbons (Fsp3) is 0.200. The van der Waals surface area contributed by atoms with Crippen molar-refractivity contribution in [3.63, 3.8) is 0 Å². The van der Waals surface area contributed by atoms with Crippen molar-refractivity contribution < 1.29 is 30.8 Å². The maximum absolute atomic E-state index is 16.3. The number of benzene rings is 2. The highest BCUT2D eigenvalue weighted by Crippen LogP contribution is 2.38. The number of nitrogens with zero attached hydrogens (tertiary/aromatic N) is 6. The Morgan fingerprint density at radius 2 is 1.75 bits per heavy atom. The van der Waals surface area contributed by atoms with E-state index in [0.717, 1.165) is 12.1 Å². The summed E-state index contributed by atoms with van der Waals surface area (Å²) in [5.74, 6) is -6.45. The molecule has 2 N–H and O–H groups in total. The average Bonchev–Trinajstić information content (AvgIpc) is 3.30. The van der Waals surface area contributed by atoms with Gasteiger partial charge in [0.1, 0.15) is 28.0 Å². The van der Waals surface area contributed by atoms with Crippen molar-refractivity contribution in [3.05, 3.63) is 72.1 Å². The second-order valence-corrected chi connectivity index (χ2v) is 10.5. The first kappa shape index (κ1) is 28.6. The number of nitrogens with two attached hydrogens (primary N) is 1. The van der Waals surface area contributed by atoms with Crippen LogP contribution in [0.25, 0.3) is 22.5 Å². The van der Waals surface area contributed by atoms with Crippen molar-refractivity contribution in [2.24, 2.45) is 0 Å². The highest BCUT2D eigenvalue weighted by atomic mass is 32.2. The van der Waals surface area contributed by atoms with Gasteiger partial charge in [-0.15, -0.1) is 0 Å². The highest BCUT2D eigenvalue weighted by Gasteiger charge is 2.37. The lowest BCUT2D eigenvalue weighted by Gasteiger charge is -2.25. The minimum atomic E-state index is -5.24. The summed E-state index contributed by atoms with van der Waals surface area (Å²) in [6.45, 7) is 1.44. The third-order valence-electron chi connectivity index (χ3n) is 5.65. The van der Waals surface area contributed by atoms with E-state index in [4.69, 9.17) is 5.73 Å². The summed E-state index contributed by atoms with van der Waals surface area (Å²) in [6, 6.07) is 4.49. The SMILES string of the molecule is CCn1cc(-c2ccnc(N)n2)c(-c2c(F)ccc(N(C(=O)CN(C)C)S(=O)(=O)c3cc(F)ccc3F)c2F)n1. The van der Waals surface area contributed by atoms with Crippen LogP contribution in [0.3, 0.4) is 0 Å². The summed E-state index contributed by atoms with van der Waals surface area (Å²) < 4.78 is 88.6. The van der Waals surface area contributed by atoms with Gasteiger partial charge in [0.2, 0.25) is 5.95 Å². The first-order valence-corrected chi connectivity index (χ1v) is 13.1. The first-order valence-electron chi connectivity index (χ1n) is 11.7. The van der Waals surface area contributed by atoms with Crippen molar-refractivity contribution in [2.45, 2.75) is 18.4 Å². The van der Waals surface area contributed by atoms with Gasteiger partial charge in [-0.25, -0.2) is 35.9 Å². The summed E-state index contributed by atoms with van der Waals surface area (Å²) in [4.78, 5) is 21.2. The van der Waals surface area contributed by atoms with Crippen LogP contribution >= 0.6 is 0 Å². The van der Waals surface area contributed by atoms with Crippen molar-refractivity contribution in [2.75, 3.05) is 30.7 Å². The molecule has 0 aliphatic heterocycles. The van der Waals surface area contributed by atoms with Crippen LogP contribution in [0.1, 0.15) is 6.92 Å². The predicted molar refractivity (Wildman–Crippen MR) is 138 cm³/mol. The number of aryl methyl sites for hydroxylation is 1. The number of likely N-dealkylation sites (N-methyl/N-ethyl adjacent to an activating group) is 1. The largest absolute Gasteiger partial charge is 0.368 e. The topological polar surface area (TPSA) is 127 Å². The van der Waals surface area contributed by atoms with E-state index < -0.39 is 61.9 Å². The number of hydrogen-bond donors (Lipinski definition) is 1. The standard InChI is InChI=1S/C25H23F4N7O3S/c1-4-35-12-15(18-9-10-31-25(30)32-18)24(33-35)22-17(28)7-8-19(23(22)29)36(21(37)13-34(2)3)40(38,39)20-11-14(26)5-6-16(20)27/h5-12H,4,13H2,1-3H3,(H2,30,31,32). The molecular formula is C25H23F4N7O3S. The highest BCUT2D eigenvalue weighted by molar-refractivity contribution is 7.93. The van der Waals surface area contributed by atoms with Crippen molar-refractivity contribution in [1.29, 1.82) is 0 Å². The Balaban J connectivity index is 2.00. The molecule has 0 fully saturated rings. The summed E-state index contributed by atoms with van der Waals surface area (Å²) in [7, 11) is -2.36. The molecular weight excluding hydrogens is 554 g/mol. The van der Waals surface area contributed by atoms with E-state index in [9.17, 15) is 22.0 Å². The molecule has 0 saturated carbocycles. The Hall–Kier alpha value is -4.37. The first-order chi connectivity index (χ1) is 18.8. The van der Waals surface area contributed by atoms with Gasteiger partial charge in [-0.3, -0.25) is 9.48 Å². The smallest absolute Gasteiger partial charge is 0.274 e. The Kier molecular flexibility index (Phi) is 7.88. The quantitative estimate of drug-likeness (QED) is 0.316. The van der Waals surface area contributed by atoms with E-state index >= 15 is 8.78 Å². The van der Waals surface area contributed by atoms with E-state index in [0.29, 0.717) is 18.2 Å². The second kappa shape index (κ2) is 11.0. The molecule has 0 aliphatic rings. The molecule has 15 heteroatoms. The summed E-state index contributed by atoms with van der Waals surface area (Å²) >= 11 is 0. The monoisotopic (exact) mass is 577 g/mol. The summed E-state index contributed by atoms with van der Waals surface area (Å²) in [5, 5.41) is 4.23. The van der Waals surface area contributed by atoms with Crippen LogP contribution in [0.4, 0.5) is 29.2 Å². The Morgan fingerprint density at radius 1 is 1.05 bits per heavy atom. The Labute approximate surface area is 226 Å². The van der Waals surface area contributed by atoms with E-state index in [2.05, 4.69) is 15.1 Å². The van der Waals surface area contributed by atoms with Gasteiger partial charge in [-0.05, 0) is 57.4 Å². The van der Waals surface area contributed by atoms with Crippen molar-refractivity contribution in [3.8, 4) is 22.5 Å². The number of aromatic nitrogens is 4. The van der Waals surface area contributed by atoms with Crippen LogP contribution < -0.4 is 10.0 Å². The molecule has 0 atom stereocenters. The lowest BCUT2D eigenvalue weighted by atomic mass is 10.0. The zero-order chi connectivity index (χ0) is 29.4. The number of amides is 1. The van der Waals surface area contributed by atoms with Crippen LogP contribution in [0.5, 0.6) is 0 Å². The maximum Gasteiger partial charge on any atom is 0.274 e. The number of anilines is 2. The van der Waals surface area contributed by atoms with Gasteiger partial charge in [-0.1, -0.05) is 0 Å². The number of carbonyl (C=O) groups excluding carboxylic acids is 1. The zero-order valence-corrected chi connectivity index (χ0v) is 22.3. The van der Waals surface area contributed by atoms with E-state index in [1.54, 1.807) is 6.92 Å². The molecule has 0 saturated heterocycles. The maximum atomic E-state index is 16.3. The number of sulfonamides is 1. The number of hydrogen-bond acceptors (Lipinski definition) is 8. The van der Waals surface area contributed by atoms with Crippen LogP contribution in [0.15, 0.2) is 53.7 Å². The zero-order valence-electron chi connectivity index (χ0n) is 21.4. The van der Waals surface area contributed by atoms with Gasteiger partial charge in [-0.2, -0.15) is 9.40 Å². The fourth-order valence-corrected chi connectivity index (χ4v) is 5.40. The normalized spacial score (nSPS) is 11.7. The molecule has 2 heterocycles. The second-order valence-electron chi connectivity index (χ2n) is 8.78. The minimum absolute atomic E-state index is 0.0116. The molecule has 40 heavy (non-hydrogen) atoms. The van der Waals surface area contributed by atoms with Gasteiger partial charge >= 0.3 is 0 Å². The average molecular weight is 578 g/mol. The van der Waals surface area contributed by atoms with Gasteiger partial charge in [0.15, 0.2) is 5.82 Å². The van der Waals surface area contributed by atoms with Crippen LogP contribution in [0, 0.1) is 23.3 Å². The van der Waals surface area contributed by atoms with Gasteiger partial charge in [0.05, 0.1) is 23.5 Å². The molecule has 2 aromatic heterocycles. The van der Waals surface area contributed by atoms with E-state index in [1.165, 1.54) is 42.1 Å². The van der Waals surface area contributed by atoms with Crippen LogP contribution in [-0.4, -0.2) is 59.6 Å². The lowest BCUT2D eigenvalue weighted by Crippen LogP contribution is -2.43. The molecule has 0 unspecified atom stereocenters.